The third kappa shape index (κ3) is 4.97. The van der Waals surface area contributed by atoms with Crippen LogP contribution in [0, 0.1) is 0 Å². The molecule has 1 amide bonds. The average molecular weight is 473 g/mol. The van der Waals surface area contributed by atoms with Crippen LogP contribution in [0.25, 0.3) is 22.0 Å². The van der Waals surface area contributed by atoms with Crippen molar-refractivity contribution in [3.63, 3.8) is 0 Å². The van der Waals surface area contributed by atoms with Crippen molar-refractivity contribution in [3.05, 3.63) is 77.8 Å². The molecule has 0 aliphatic carbocycles. The summed E-state index contributed by atoms with van der Waals surface area (Å²) >= 11 is 6.12. The molecule has 0 unspecified atom stereocenters. The Morgan fingerprint density at radius 1 is 0.912 bits per heavy atom. The summed E-state index contributed by atoms with van der Waals surface area (Å²) < 4.78 is 5.75. The van der Waals surface area contributed by atoms with Crippen LogP contribution >= 0.6 is 11.6 Å². The van der Waals surface area contributed by atoms with Crippen LogP contribution < -0.4 is 10.1 Å². The summed E-state index contributed by atoms with van der Waals surface area (Å²) in [4.78, 5) is 14.2. The third-order valence-electron chi connectivity index (χ3n) is 5.97. The van der Waals surface area contributed by atoms with E-state index >= 15 is 0 Å². The standard InChI is InChI=1S/C27H25ClN4O2/c28-20-7-6-8-21(17-20)29-27-24-10-3-2-9-23(24)26(30-31-27)19-11-13-22(14-12-19)34-18-25(33)32-15-4-1-5-16-32/h2-3,6-14,17H,1,4-5,15-16,18H2,(H,29,31). The van der Waals surface area contributed by atoms with Crippen LogP contribution in [-0.2, 0) is 4.79 Å². The van der Waals surface area contributed by atoms with Crippen LogP contribution in [-0.4, -0.2) is 40.7 Å². The van der Waals surface area contributed by atoms with Crippen LogP contribution in [0.15, 0.2) is 72.8 Å². The van der Waals surface area contributed by atoms with Gasteiger partial charge in [0.05, 0.1) is 0 Å². The Bertz CT molecular complexity index is 1300. The first-order chi connectivity index (χ1) is 16.7. The van der Waals surface area contributed by atoms with Gasteiger partial charge in [0.15, 0.2) is 12.4 Å². The summed E-state index contributed by atoms with van der Waals surface area (Å²) in [5, 5.41) is 14.9. The molecule has 2 heterocycles. The summed E-state index contributed by atoms with van der Waals surface area (Å²) in [6, 6.07) is 23.1. The number of rotatable bonds is 6. The topological polar surface area (TPSA) is 67.3 Å². The highest BCUT2D eigenvalue weighted by Gasteiger charge is 2.17. The molecule has 0 saturated carbocycles. The minimum absolute atomic E-state index is 0.0448. The third-order valence-corrected chi connectivity index (χ3v) is 6.21. The normalized spacial score (nSPS) is 13.6. The van der Waals surface area contributed by atoms with Crippen molar-refractivity contribution < 1.29 is 9.53 Å². The summed E-state index contributed by atoms with van der Waals surface area (Å²) in [6.07, 6.45) is 3.34. The van der Waals surface area contributed by atoms with E-state index in [-0.39, 0.29) is 12.5 Å². The first kappa shape index (κ1) is 22.2. The second kappa shape index (κ2) is 10.1. The fourth-order valence-electron chi connectivity index (χ4n) is 4.20. The number of hydrogen-bond acceptors (Lipinski definition) is 5. The Hall–Kier alpha value is -3.64. The van der Waals surface area contributed by atoms with Gasteiger partial charge in [0.25, 0.3) is 5.91 Å². The van der Waals surface area contributed by atoms with E-state index in [0.29, 0.717) is 16.6 Å². The second-order valence-electron chi connectivity index (χ2n) is 8.33. The van der Waals surface area contributed by atoms with Gasteiger partial charge in [0, 0.05) is 40.1 Å². The number of nitrogens with one attached hydrogen (secondary N) is 1. The molecule has 4 aromatic rings. The largest absolute Gasteiger partial charge is 0.484 e. The molecule has 3 aromatic carbocycles. The lowest BCUT2D eigenvalue weighted by molar-refractivity contribution is -0.134. The molecule has 0 bridgehead atoms. The van der Waals surface area contributed by atoms with E-state index in [1.165, 1.54) is 6.42 Å². The van der Waals surface area contributed by atoms with Crippen molar-refractivity contribution in [2.75, 3.05) is 25.0 Å². The molecule has 1 aliphatic rings. The molecule has 0 radical (unpaired) electrons. The number of piperidine rings is 1. The number of aromatic nitrogens is 2. The predicted molar refractivity (Wildman–Crippen MR) is 136 cm³/mol. The van der Waals surface area contributed by atoms with Gasteiger partial charge in [-0.1, -0.05) is 41.9 Å². The number of fused-ring (bicyclic) bond motifs is 1. The number of anilines is 2. The molecule has 0 atom stereocenters. The van der Waals surface area contributed by atoms with E-state index in [1.54, 1.807) is 0 Å². The maximum atomic E-state index is 12.4. The Kier molecular flexibility index (Phi) is 6.58. The van der Waals surface area contributed by atoms with Gasteiger partial charge < -0.3 is 15.0 Å². The van der Waals surface area contributed by atoms with E-state index in [0.717, 1.165) is 53.6 Å². The summed E-state index contributed by atoms with van der Waals surface area (Å²) in [7, 11) is 0. The average Bonchev–Trinajstić information content (AvgIpc) is 2.88. The smallest absolute Gasteiger partial charge is 0.260 e. The van der Waals surface area contributed by atoms with Gasteiger partial charge in [-0.15, -0.1) is 10.2 Å². The molecule has 6 nitrogen and oxygen atoms in total. The van der Waals surface area contributed by atoms with Crippen molar-refractivity contribution in [1.82, 2.24) is 15.1 Å². The van der Waals surface area contributed by atoms with Crippen LogP contribution in [0.2, 0.25) is 5.02 Å². The molecular formula is C27H25ClN4O2. The van der Waals surface area contributed by atoms with Crippen molar-refractivity contribution in [2.45, 2.75) is 19.3 Å². The Morgan fingerprint density at radius 2 is 1.68 bits per heavy atom. The quantitative estimate of drug-likeness (QED) is 0.368. The van der Waals surface area contributed by atoms with E-state index in [4.69, 9.17) is 16.3 Å². The number of ether oxygens (including phenoxy) is 1. The molecule has 7 heteroatoms. The molecular weight excluding hydrogens is 448 g/mol. The minimum Gasteiger partial charge on any atom is -0.484 e. The van der Waals surface area contributed by atoms with Gasteiger partial charge in [-0.25, -0.2) is 0 Å². The maximum absolute atomic E-state index is 12.4. The molecule has 0 spiro atoms. The number of benzene rings is 3. The SMILES string of the molecule is O=C(COc1ccc(-c2nnc(Nc3cccc(Cl)c3)c3ccccc23)cc1)N1CCCCC1. The van der Waals surface area contributed by atoms with Gasteiger partial charge >= 0.3 is 0 Å². The fraction of sp³-hybridized carbons (Fsp3) is 0.222. The summed E-state index contributed by atoms with van der Waals surface area (Å²) in [6.45, 7) is 1.72. The second-order valence-corrected chi connectivity index (χ2v) is 8.77. The van der Waals surface area contributed by atoms with E-state index in [2.05, 4.69) is 15.5 Å². The highest BCUT2D eigenvalue weighted by atomic mass is 35.5. The summed E-state index contributed by atoms with van der Waals surface area (Å²) in [5.41, 5.74) is 2.55. The van der Waals surface area contributed by atoms with Crippen molar-refractivity contribution in [1.29, 1.82) is 0 Å². The number of carbonyl (C=O) groups is 1. The molecule has 34 heavy (non-hydrogen) atoms. The van der Waals surface area contributed by atoms with Crippen molar-refractivity contribution >= 4 is 39.8 Å². The zero-order valence-corrected chi connectivity index (χ0v) is 19.5. The number of likely N-dealkylation sites (tertiary alicyclic amines) is 1. The molecule has 1 aliphatic heterocycles. The Labute approximate surface area is 203 Å². The predicted octanol–water partition coefficient (Wildman–Crippen LogP) is 6.09. The molecule has 1 saturated heterocycles. The van der Waals surface area contributed by atoms with E-state index in [1.807, 2.05) is 77.7 Å². The van der Waals surface area contributed by atoms with Gasteiger partial charge in [0.1, 0.15) is 11.4 Å². The molecule has 1 aromatic heterocycles. The first-order valence-electron chi connectivity index (χ1n) is 11.5. The van der Waals surface area contributed by atoms with Crippen molar-refractivity contribution in [3.8, 4) is 17.0 Å². The van der Waals surface area contributed by atoms with E-state index in [9.17, 15) is 4.79 Å². The highest BCUT2D eigenvalue weighted by molar-refractivity contribution is 6.30. The monoisotopic (exact) mass is 472 g/mol. The van der Waals surface area contributed by atoms with Crippen LogP contribution in [0.1, 0.15) is 19.3 Å². The Morgan fingerprint density at radius 3 is 2.44 bits per heavy atom. The highest BCUT2D eigenvalue weighted by Crippen LogP contribution is 2.32. The van der Waals surface area contributed by atoms with Crippen LogP contribution in [0.4, 0.5) is 11.5 Å². The van der Waals surface area contributed by atoms with Crippen molar-refractivity contribution in [2.24, 2.45) is 0 Å². The minimum atomic E-state index is 0.0448. The van der Waals surface area contributed by atoms with Gasteiger partial charge in [-0.05, 0) is 61.7 Å². The van der Waals surface area contributed by atoms with Gasteiger partial charge in [-0.2, -0.15) is 0 Å². The first-order valence-corrected chi connectivity index (χ1v) is 11.8. The fourth-order valence-corrected chi connectivity index (χ4v) is 4.39. The van der Waals surface area contributed by atoms with E-state index < -0.39 is 0 Å². The zero-order chi connectivity index (χ0) is 23.3. The number of carbonyl (C=O) groups excluding carboxylic acids is 1. The van der Waals surface area contributed by atoms with Gasteiger partial charge in [-0.3, -0.25) is 4.79 Å². The molecule has 5 rings (SSSR count). The Balaban J connectivity index is 1.34. The lowest BCUT2D eigenvalue weighted by Crippen LogP contribution is -2.38. The number of halogens is 1. The molecule has 1 fully saturated rings. The van der Waals surface area contributed by atoms with Crippen LogP contribution in [0.3, 0.4) is 0 Å². The number of hydrogen-bond donors (Lipinski definition) is 1. The molecule has 172 valence electrons. The molecule has 1 N–H and O–H groups in total. The van der Waals surface area contributed by atoms with Crippen LogP contribution in [0.5, 0.6) is 5.75 Å². The zero-order valence-electron chi connectivity index (χ0n) is 18.7. The summed E-state index contributed by atoms with van der Waals surface area (Å²) in [5.74, 6) is 1.37. The van der Waals surface area contributed by atoms with Gasteiger partial charge in [0.2, 0.25) is 0 Å². The number of nitrogens with zero attached hydrogens (tertiary/aromatic N) is 3. The lowest BCUT2D eigenvalue weighted by atomic mass is 10.0. The number of amides is 1. The maximum Gasteiger partial charge on any atom is 0.260 e. The lowest BCUT2D eigenvalue weighted by Gasteiger charge is -2.26.